The van der Waals surface area contributed by atoms with E-state index in [1.807, 2.05) is 12.1 Å². The van der Waals surface area contributed by atoms with Gasteiger partial charge in [-0.3, -0.25) is 14.5 Å². The van der Waals surface area contributed by atoms with Gasteiger partial charge in [-0.2, -0.15) is 5.26 Å². The molecule has 2 aliphatic rings. The summed E-state index contributed by atoms with van der Waals surface area (Å²) in [5.74, 6) is -2.49. The molecule has 0 unspecified atom stereocenters. The van der Waals surface area contributed by atoms with Gasteiger partial charge in [0.25, 0.3) is 0 Å². The number of nitrogens with two attached hydrogens (primary N) is 1. The molecule has 2 heterocycles. The Balaban J connectivity index is 1.88. The quantitative estimate of drug-likeness (QED) is 0.673. The summed E-state index contributed by atoms with van der Waals surface area (Å²) < 4.78 is 15.8. The Bertz CT molecular complexity index is 1290. The van der Waals surface area contributed by atoms with Gasteiger partial charge in [0.05, 0.1) is 7.11 Å². The molecule has 0 saturated carbocycles. The van der Waals surface area contributed by atoms with Crippen LogP contribution in [0.25, 0.3) is 0 Å². The van der Waals surface area contributed by atoms with Crippen molar-refractivity contribution < 1.29 is 28.6 Å². The molecule has 9 nitrogen and oxygen atoms in total. The van der Waals surface area contributed by atoms with E-state index < -0.39 is 29.8 Å². The minimum absolute atomic E-state index is 0.0256. The van der Waals surface area contributed by atoms with Crippen molar-refractivity contribution in [1.82, 2.24) is 0 Å². The number of hydrogen-bond donors (Lipinski definition) is 1. The van der Waals surface area contributed by atoms with Crippen LogP contribution in [0.1, 0.15) is 18.1 Å². The van der Waals surface area contributed by atoms with E-state index in [1.54, 1.807) is 48.5 Å². The van der Waals surface area contributed by atoms with Crippen molar-refractivity contribution >= 4 is 23.5 Å². The van der Waals surface area contributed by atoms with Crippen LogP contribution in [0.15, 0.2) is 77.4 Å². The van der Waals surface area contributed by atoms with Crippen molar-refractivity contribution in [2.24, 2.45) is 5.73 Å². The number of nitriles is 1. The molecule has 172 valence electrons. The number of carbonyl (C=O) groups is 3. The van der Waals surface area contributed by atoms with Gasteiger partial charge in [-0.25, -0.2) is 4.79 Å². The molecule has 0 radical (unpaired) electrons. The van der Waals surface area contributed by atoms with E-state index in [9.17, 15) is 19.6 Å². The van der Waals surface area contributed by atoms with Gasteiger partial charge in [-0.05, 0) is 18.6 Å². The summed E-state index contributed by atoms with van der Waals surface area (Å²) in [4.78, 5) is 40.8. The second-order valence-electron chi connectivity index (χ2n) is 7.68. The zero-order chi connectivity index (χ0) is 24.5. The van der Waals surface area contributed by atoms with Crippen molar-refractivity contribution in [3.63, 3.8) is 0 Å². The molecule has 0 bridgehead atoms. The van der Waals surface area contributed by atoms with Crippen molar-refractivity contribution in [1.29, 1.82) is 5.26 Å². The van der Waals surface area contributed by atoms with Crippen LogP contribution in [-0.4, -0.2) is 31.5 Å². The highest BCUT2D eigenvalue weighted by Crippen LogP contribution is 2.54. The lowest BCUT2D eigenvalue weighted by Gasteiger charge is -2.34. The van der Waals surface area contributed by atoms with Crippen LogP contribution in [-0.2, 0) is 40.6 Å². The third-order valence-electron chi connectivity index (χ3n) is 5.82. The van der Waals surface area contributed by atoms with E-state index in [0.29, 0.717) is 11.3 Å². The first-order chi connectivity index (χ1) is 16.4. The summed E-state index contributed by atoms with van der Waals surface area (Å²) in [6.07, 6.45) is 0. The van der Waals surface area contributed by atoms with Gasteiger partial charge in [0.2, 0.25) is 11.8 Å². The number of esters is 2. The van der Waals surface area contributed by atoms with Gasteiger partial charge in [-0.15, -0.1) is 0 Å². The Morgan fingerprint density at radius 2 is 1.82 bits per heavy atom. The monoisotopic (exact) mass is 459 g/mol. The van der Waals surface area contributed by atoms with E-state index in [2.05, 4.69) is 0 Å². The molecule has 0 aromatic heterocycles. The highest BCUT2D eigenvalue weighted by molar-refractivity contribution is 6.19. The van der Waals surface area contributed by atoms with Crippen LogP contribution >= 0.6 is 0 Å². The number of nitrogens with zero attached hydrogens (tertiary/aromatic N) is 2. The first kappa shape index (κ1) is 22.6. The number of allylic oxidation sites excluding steroid dienone is 1. The van der Waals surface area contributed by atoms with Crippen LogP contribution in [0.2, 0.25) is 0 Å². The van der Waals surface area contributed by atoms with Crippen LogP contribution < -0.4 is 10.6 Å². The number of para-hydroxylation sites is 1. The molecule has 4 rings (SSSR count). The maximum Gasteiger partial charge on any atom is 0.339 e. The Kier molecular flexibility index (Phi) is 5.82. The number of carbonyl (C=O) groups excluding carboxylic acids is 3. The maximum atomic E-state index is 14.0. The molecule has 0 fully saturated rings. The molecule has 1 atom stereocenters. The predicted molar refractivity (Wildman–Crippen MR) is 119 cm³/mol. The molecule has 1 amide bonds. The van der Waals surface area contributed by atoms with E-state index in [0.717, 1.165) is 5.56 Å². The Labute approximate surface area is 195 Å². The number of ether oxygens (including phenoxy) is 3. The lowest BCUT2D eigenvalue weighted by molar-refractivity contribution is -0.142. The average molecular weight is 459 g/mol. The maximum absolute atomic E-state index is 14.0. The fourth-order valence-electron chi connectivity index (χ4n) is 4.36. The molecule has 34 heavy (non-hydrogen) atoms. The highest BCUT2D eigenvalue weighted by atomic mass is 16.5. The Morgan fingerprint density at radius 1 is 1.15 bits per heavy atom. The van der Waals surface area contributed by atoms with Crippen molar-refractivity contribution in [2.75, 3.05) is 18.6 Å². The van der Waals surface area contributed by atoms with Gasteiger partial charge in [0.1, 0.15) is 36.1 Å². The van der Waals surface area contributed by atoms with Crippen LogP contribution in [0.4, 0.5) is 5.69 Å². The number of anilines is 1. The summed E-state index contributed by atoms with van der Waals surface area (Å²) in [6, 6.07) is 17.5. The van der Waals surface area contributed by atoms with Crippen molar-refractivity contribution in [3.05, 3.63) is 88.5 Å². The lowest BCUT2D eigenvalue weighted by Crippen LogP contribution is -2.49. The van der Waals surface area contributed by atoms with Crippen LogP contribution in [0, 0.1) is 11.3 Å². The number of fused-ring (bicyclic) bond motifs is 2. The summed E-state index contributed by atoms with van der Waals surface area (Å²) >= 11 is 0. The molecule has 2 aromatic rings. The number of hydrogen-bond acceptors (Lipinski definition) is 8. The minimum Gasteiger partial charge on any atom is -0.468 e. The lowest BCUT2D eigenvalue weighted by atomic mass is 9.68. The van der Waals surface area contributed by atoms with Crippen LogP contribution in [0.3, 0.4) is 0 Å². The molecular weight excluding hydrogens is 438 g/mol. The van der Waals surface area contributed by atoms with Gasteiger partial charge < -0.3 is 19.9 Å². The zero-order valence-corrected chi connectivity index (χ0v) is 18.5. The second kappa shape index (κ2) is 8.75. The standard InChI is InChI=1S/C25H21N3O6/c1-15-21(23(30)33-14-16-8-4-3-5-9-16)25(18(12-26)22(27)34-15)17-10-6-7-11-19(17)28(24(25)31)13-20(29)32-2/h3-11H,13-14,27H2,1-2H3/t25-/m1/s1. The van der Waals surface area contributed by atoms with Crippen LogP contribution in [0.5, 0.6) is 0 Å². The summed E-state index contributed by atoms with van der Waals surface area (Å²) in [5.41, 5.74) is 5.09. The molecule has 2 aliphatic heterocycles. The largest absolute Gasteiger partial charge is 0.468 e. The first-order valence-electron chi connectivity index (χ1n) is 10.3. The highest BCUT2D eigenvalue weighted by Gasteiger charge is 2.62. The van der Waals surface area contributed by atoms with Crippen molar-refractivity contribution in [2.45, 2.75) is 18.9 Å². The molecular formula is C25H21N3O6. The normalized spacial score (nSPS) is 19.0. The topological polar surface area (TPSA) is 132 Å². The van der Waals surface area contributed by atoms with Gasteiger partial charge >= 0.3 is 11.9 Å². The van der Waals surface area contributed by atoms with E-state index in [-0.39, 0.29) is 29.4 Å². The fraction of sp³-hybridized carbons (Fsp3) is 0.200. The summed E-state index contributed by atoms with van der Waals surface area (Å²) in [5, 5.41) is 10.0. The fourth-order valence-corrected chi connectivity index (χ4v) is 4.36. The van der Waals surface area contributed by atoms with Crippen molar-refractivity contribution in [3.8, 4) is 6.07 Å². The van der Waals surface area contributed by atoms with E-state index in [4.69, 9.17) is 19.9 Å². The molecule has 1 spiro atoms. The van der Waals surface area contributed by atoms with E-state index >= 15 is 0 Å². The molecule has 0 aliphatic carbocycles. The summed E-state index contributed by atoms with van der Waals surface area (Å²) in [6.45, 7) is 0.995. The van der Waals surface area contributed by atoms with E-state index in [1.165, 1.54) is 18.9 Å². The molecule has 9 heteroatoms. The van der Waals surface area contributed by atoms with Gasteiger partial charge in [0, 0.05) is 11.3 Å². The minimum atomic E-state index is -1.93. The third kappa shape index (κ3) is 3.36. The molecule has 0 saturated heterocycles. The Morgan fingerprint density at radius 3 is 2.50 bits per heavy atom. The molecule has 2 aromatic carbocycles. The SMILES string of the molecule is COC(=O)CN1C(=O)[C@@]2(C(C#N)=C(N)OC(C)=C2C(=O)OCc2ccccc2)c2ccccc21. The number of benzene rings is 2. The Hall–Kier alpha value is -4.58. The van der Waals surface area contributed by atoms with Gasteiger partial charge in [0.15, 0.2) is 5.41 Å². The number of rotatable bonds is 5. The second-order valence-corrected chi connectivity index (χ2v) is 7.68. The number of amides is 1. The third-order valence-corrected chi connectivity index (χ3v) is 5.82. The molecule has 2 N–H and O–H groups in total. The first-order valence-corrected chi connectivity index (χ1v) is 10.3. The van der Waals surface area contributed by atoms with Gasteiger partial charge in [-0.1, -0.05) is 48.5 Å². The average Bonchev–Trinajstić information content (AvgIpc) is 3.07. The smallest absolute Gasteiger partial charge is 0.339 e. The summed E-state index contributed by atoms with van der Waals surface area (Å²) in [7, 11) is 1.20. The predicted octanol–water partition coefficient (Wildman–Crippen LogP) is 2.19. The number of methoxy groups -OCH3 is 1. The zero-order valence-electron chi connectivity index (χ0n) is 18.5.